The summed E-state index contributed by atoms with van der Waals surface area (Å²) in [4.78, 5) is 11.4. The van der Waals surface area contributed by atoms with Crippen LogP contribution in [0.1, 0.15) is 13.8 Å². The van der Waals surface area contributed by atoms with Gasteiger partial charge in [-0.1, -0.05) is 13.8 Å². The number of rotatable bonds is 8. The van der Waals surface area contributed by atoms with Crippen molar-refractivity contribution in [2.75, 3.05) is 13.2 Å². The first-order valence-corrected chi connectivity index (χ1v) is 9.60. The minimum atomic E-state index is -1.76. The predicted molar refractivity (Wildman–Crippen MR) is 95.8 cm³/mol. The number of aliphatic hydroxyl groups excluding tert-OH is 7. The normalized spacial score (nSPS) is 43.5. The van der Waals surface area contributed by atoms with Crippen molar-refractivity contribution in [3.05, 3.63) is 0 Å². The molecule has 2 rings (SSSR count). The topological polar surface area (TPSA) is 219 Å². The molecule has 176 valence electrons. The lowest BCUT2D eigenvalue weighted by Crippen LogP contribution is -2.67. The van der Waals surface area contributed by atoms with E-state index in [0.29, 0.717) is 0 Å². The van der Waals surface area contributed by atoms with Crippen molar-refractivity contribution in [1.82, 2.24) is 5.32 Å². The second-order valence-corrected chi connectivity index (χ2v) is 7.78. The summed E-state index contributed by atoms with van der Waals surface area (Å²) in [6.07, 6.45) is -15.4. The highest BCUT2D eigenvalue weighted by molar-refractivity contribution is 5.73. The van der Waals surface area contributed by atoms with Crippen LogP contribution in [0.2, 0.25) is 0 Å². The summed E-state index contributed by atoms with van der Waals surface area (Å²) in [6.45, 7) is 1.86. The third-order valence-electron chi connectivity index (χ3n) is 5.28. The zero-order valence-electron chi connectivity index (χ0n) is 16.6. The standard InChI is InChI=1S/C17H31NO12/c1-5(2)8(16(26)27)18-15-12(24)11(23)14(7(4-20)28-15)30-17-13(25)10(22)9(21)6(3-19)29-17/h5-15,17-25H,3-4H2,1-2H3,(H,26,27)/t6-,7-,8+,9+,10+,11-,12-,13-,14-,15?,17+/m1/s1. The fourth-order valence-corrected chi connectivity index (χ4v) is 3.45. The van der Waals surface area contributed by atoms with Crippen LogP contribution in [0.5, 0.6) is 0 Å². The molecule has 2 aliphatic heterocycles. The third kappa shape index (κ3) is 5.26. The Bertz CT molecular complexity index is 561. The van der Waals surface area contributed by atoms with Gasteiger partial charge in [0, 0.05) is 0 Å². The van der Waals surface area contributed by atoms with E-state index in [9.17, 15) is 45.6 Å². The number of carboxylic acids is 1. The van der Waals surface area contributed by atoms with Crippen LogP contribution in [0.4, 0.5) is 0 Å². The van der Waals surface area contributed by atoms with Crippen molar-refractivity contribution in [1.29, 1.82) is 0 Å². The van der Waals surface area contributed by atoms with E-state index < -0.39 is 86.6 Å². The Morgan fingerprint density at radius 1 is 0.900 bits per heavy atom. The largest absolute Gasteiger partial charge is 0.480 e. The van der Waals surface area contributed by atoms with Crippen LogP contribution in [0, 0.1) is 5.92 Å². The summed E-state index contributed by atoms with van der Waals surface area (Å²) in [7, 11) is 0. The molecule has 1 unspecified atom stereocenters. The Labute approximate surface area is 172 Å². The molecule has 13 heteroatoms. The zero-order valence-corrected chi connectivity index (χ0v) is 16.6. The Kier molecular flexibility index (Phi) is 8.91. The van der Waals surface area contributed by atoms with E-state index in [4.69, 9.17) is 14.2 Å². The highest BCUT2D eigenvalue weighted by atomic mass is 16.7. The number of carboxylic acid groups (broad SMARTS) is 1. The number of hydrogen-bond donors (Lipinski definition) is 9. The summed E-state index contributed by atoms with van der Waals surface area (Å²) < 4.78 is 16.1. The van der Waals surface area contributed by atoms with E-state index in [1.807, 2.05) is 0 Å². The average Bonchev–Trinajstić information content (AvgIpc) is 2.70. The Morgan fingerprint density at radius 3 is 2.00 bits per heavy atom. The first-order valence-electron chi connectivity index (χ1n) is 9.60. The van der Waals surface area contributed by atoms with E-state index in [1.165, 1.54) is 0 Å². The Balaban J connectivity index is 2.14. The number of ether oxygens (including phenoxy) is 3. The first kappa shape index (κ1) is 25.3. The SMILES string of the molecule is CC(C)[C@H](NC1O[C@H](CO)[C@@H](O[C@@H]2O[C@H](CO)[C@H](O)[C@H](O)[C@H]2O)[C@H](O)[C@H]1O)C(=O)O. The van der Waals surface area contributed by atoms with Crippen LogP contribution < -0.4 is 5.32 Å². The smallest absolute Gasteiger partial charge is 0.321 e. The fourth-order valence-electron chi connectivity index (χ4n) is 3.45. The van der Waals surface area contributed by atoms with Gasteiger partial charge in [0.05, 0.1) is 13.2 Å². The second-order valence-electron chi connectivity index (χ2n) is 7.78. The predicted octanol–water partition coefficient (Wildman–Crippen LogP) is -4.69. The van der Waals surface area contributed by atoms with Crippen LogP contribution in [-0.2, 0) is 19.0 Å². The lowest BCUT2D eigenvalue weighted by atomic mass is 9.95. The molecule has 0 amide bonds. The molecular formula is C17H31NO12. The molecule has 9 N–H and O–H groups in total. The summed E-state index contributed by atoms with van der Waals surface area (Å²) in [5, 5.41) is 81.4. The van der Waals surface area contributed by atoms with E-state index in [1.54, 1.807) is 13.8 Å². The minimum Gasteiger partial charge on any atom is -0.480 e. The van der Waals surface area contributed by atoms with Crippen LogP contribution in [-0.4, -0.2) is 127 Å². The van der Waals surface area contributed by atoms with Crippen molar-refractivity contribution in [3.63, 3.8) is 0 Å². The van der Waals surface area contributed by atoms with Crippen molar-refractivity contribution < 1.29 is 59.9 Å². The Morgan fingerprint density at radius 2 is 1.50 bits per heavy atom. The molecule has 2 heterocycles. The quantitative estimate of drug-likeness (QED) is 0.173. The number of aliphatic carboxylic acids is 1. The molecule has 0 aromatic heterocycles. The molecule has 30 heavy (non-hydrogen) atoms. The summed E-state index contributed by atoms with van der Waals surface area (Å²) in [5.41, 5.74) is 0. The first-order chi connectivity index (χ1) is 14.0. The highest BCUT2D eigenvalue weighted by Crippen LogP contribution is 2.29. The minimum absolute atomic E-state index is 0.383. The van der Waals surface area contributed by atoms with E-state index in [-0.39, 0.29) is 5.92 Å². The van der Waals surface area contributed by atoms with Crippen LogP contribution in [0.3, 0.4) is 0 Å². The van der Waals surface area contributed by atoms with Crippen LogP contribution in [0.15, 0.2) is 0 Å². The van der Waals surface area contributed by atoms with Gasteiger partial charge in [0.1, 0.15) is 61.1 Å². The monoisotopic (exact) mass is 441 g/mol. The van der Waals surface area contributed by atoms with E-state index >= 15 is 0 Å². The van der Waals surface area contributed by atoms with Crippen molar-refractivity contribution in [2.45, 2.75) is 81.2 Å². The number of carbonyl (C=O) groups is 1. The van der Waals surface area contributed by atoms with Crippen molar-refractivity contribution in [3.8, 4) is 0 Å². The summed E-state index contributed by atoms with van der Waals surface area (Å²) in [5.74, 6) is -1.58. The number of hydrogen-bond acceptors (Lipinski definition) is 12. The van der Waals surface area contributed by atoms with Gasteiger partial charge in [0.25, 0.3) is 0 Å². The maximum Gasteiger partial charge on any atom is 0.321 e. The van der Waals surface area contributed by atoms with Gasteiger partial charge in [-0.15, -0.1) is 0 Å². The van der Waals surface area contributed by atoms with Crippen molar-refractivity contribution in [2.24, 2.45) is 5.92 Å². The molecule has 0 spiro atoms. The number of aliphatic hydroxyl groups is 7. The van der Waals surface area contributed by atoms with Gasteiger partial charge < -0.3 is 55.1 Å². The summed E-state index contributed by atoms with van der Waals surface area (Å²) in [6, 6.07) is -1.11. The Hall–Kier alpha value is -0.970. The van der Waals surface area contributed by atoms with Crippen molar-refractivity contribution >= 4 is 5.97 Å². The van der Waals surface area contributed by atoms with Gasteiger partial charge in [-0.25, -0.2) is 0 Å². The number of nitrogens with one attached hydrogen (secondary N) is 1. The van der Waals surface area contributed by atoms with Gasteiger partial charge in [0.2, 0.25) is 0 Å². The van der Waals surface area contributed by atoms with Crippen LogP contribution >= 0.6 is 0 Å². The molecule has 2 fully saturated rings. The molecule has 0 aromatic carbocycles. The molecular weight excluding hydrogens is 410 g/mol. The second kappa shape index (κ2) is 10.6. The van der Waals surface area contributed by atoms with Gasteiger partial charge in [-0.2, -0.15) is 0 Å². The maximum atomic E-state index is 11.4. The van der Waals surface area contributed by atoms with Gasteiger partial charge >= 0.3 is 5.97 Å². The van der Waals surface area contributed by atoms with E-state index in [2.05, 4.69) is 5.32 Å². The molecule has 2 aliphatic rings. The molecule has 2 saturated heterocycles. The third-order valence-corrected chi connectivity index (χ3v) is 5.28. The van der Waals surface area contributed by atoms with Gasteiger partial charge in [-0.05, 0) is 5.92 Å². The molecule has 0 bridgehead atoms. The lowest BCUT2D eigenvalue weighted by molar-refractivity contribution is -0.343. The maximum absolute atomic E-state index is 11.4. The average molecular weight is 441 g/mol. The molecule has 0 radical (unpaired) electrons. The van der Waals surface area contributed by atoms with E-state index in [0.717, 1.165) is 0 Å². The van der Waals surface area contributed by atoms with Gasteiger partial charge in [0.15, 0.2) is 6.29 Å². The molecule has 0 saturated carbocycles. The lowest BCUT2D eigenvalue weighted by Gasteiger charge is -2.46. The van der Waals surface area contributed by atoms with Gasteiger partial charge in [-0.3, -0.25) is 10.1 Å². The van der Waals surface area contributed by atoms with Crippen LogP contribution in [0.25, 0.3) is 0 Å². The fraction of sp³-hybridized carbons (Fsp3) is 0.941. The molecule has 13 nitrogen and oxygen atoms in total. The molecule has 11 atom stereocenters. The zero-order chi connectivity index (χ0) is 22.7. The highest BCUT2D eigenvalue weighted by Gasteiger charge is 2.50. The molecule has 0 aliphatic carbocycles. The molecule has 0 aromatic rings. The summed E-state index contributed by atoms with van der Waals surface area (Å²) >= 11 is 0.